The Labute approximate surface area is 205 Å². The number of aromatic nitrogens is 1. The fraction of sp³-hybridized carbons (Fsp3) is 0.391. The predicted octanol–water partition coefficient (Wildman–Crippen LogP) is 5.13. The lowest BCUT2D eigenvalue weighted by atomic mass is 9.89. The van der Waals surface area contributed by atoms with Crippen molar-refractivity contribution in [3.8, 4) is 0 Å². The van der Waals surface area contributed by atoms with Gasteiger partial charge in [0.2, 0.25) is 0 Å². The molecule has 0 bridgehead atoms. The summed E-state index contributed by atoms with van der Waals surface area (Å²) in [5.41, 5.74) is 9.39. The molecular weight excluding hydrogens is 483 g/mol. The summed E-state index contributed by atoms with van der Waals surface area (Å²) in [5.74, 6) is 0.593. The summed E-state index contributed by atoms with van der Waals surface area (Å²) in [4.78, 5) is 21.5. The van der Waals surface area contributed by atoms with Crippen LogP contribution in [0.5, 0.6) is 0 Å². The van der Waals surface area contributed by atoms with Gasteiger partial charge in [0.05, 0.1) is 41.2 Å². The quantitative estimate of drug-likeness (QED) is 0.511. The third-order valence-electron chi connectivity index (χ3n) is 5.97. The number of halogens is 2. The molecule has 2 aliphatic heterocycles. The Hall–Kier alpha value is -2.10. The Morgan fingerprint density at radius 3 is 2.70 bits per heavy atom. The number of morpholine rings is 1. The number of amides is 1. The second-order valence-electron chi connectivity index (χ2n) is 8.83. The highest BCUT2D eigenvalue weighted by molar-refractivity contribution is 7.21. The van der Waals surface area contributed by atoms with E-state index in [2.05, 4.69) is 24.1 Å². The largest absolute Gasteiger partial charge is 0.397 e. The van der Waals surface area contributed by atoms with Crippen LogP contribution < -0.4 is 16.0 Å². The normalized spacial score (nSPS) is 17.8. The minimum Gasteiger partial charge on any atom is -0.397 e. The smallest absolute Gasteiger partial charge is 0.267 e. The number of carbonyl (C=O) groups excluding carboxylic acids is 1. The van der Waals surface area contributed by atoms with Crippen molar-refractivity contribution >= 4 is 67.9 Å². The average molecular weight is 507 g/mol. The zero-order valence-corrected chi connectivity index (χ0v) is 20.7. The van der Waals surface area contributed by atoms with Crippen molar-refractivity contribution in [2.45, 2.75) is 32.5 Å². The molecule has 33 heavy (non-hydrogen) atoms. The van der Waals surface area contributed by atoms with E-state index in [9.17, 15) is 4.79 Å². The maximum Gasteiger partial charge on any atom is 0.267 e. The number of carbonyl (C=O) groups is 1. The number of hydrogen-bond acceptors (Lipinski definition) is 7. The highest BCUT2D eigenvalue weighted by Crippen LogP contribution is 2.44. The Balaban J connectivity index is 1.59. The van der Waals surface area contributed by atoms with E-state index in [1.54, 1.807) is 18.2 Å². The number of benzene rings is 1. The van der Waals surface area contributed by atoms with Gasteiger partial charge in [0.1, 0.15) is 15.5 Å². The summed E-state index contributed by atoms with van der Waals surface area (Å²) in [6.07, 6.45) is 0.688. The summed E-state index contributed by atoms with van der Waals surface area (Å²) in [7, 11) is 0. The summed E-state index contributed by atoms with van der Waals surface area (Å²) in [6.45, 7) is 7.43. The molecule has 174 valence electrons. The first kappa shape index (κ1) is 22.7. The van der Waals surface area contributed by atoms with Crippen molar-refractivity contribution in [2.75, 3.05) is 42.3 Å². The van der Waals surface area contributed by atoms with Crippen molar-refractivity contribution < 1.29 is 14.3 Å². The number of pyridine rings is 1. The van der Waals surface area contributed by atoms with Crippen LogP contribution in [-0.2, 0) is 22.5 Å². The van der Waals surface area contributed by atoms with Crippen LogP contribution in [0.15, 0.2) is 18.2 Å². The molecule has 1 aromatic carbocycles. The molecule has 1 amide bonds. The second kappa shape index (κ2) is 8.60. The lowest BCUT2D eigenvalue weighted by Gasteiger charge is -2.36. The summed E-state index contributed by atoms with van der Waals surface area (Å²) in [6, 6.07) is 4.95. The molecule has 0 aliphatic carbocycles. The topological polar surface area (TPSA) is 89.7 Å². The van der Waals surface area contributed by atoms with Crippen LogP contribution in [0.3, 0.4) is 0 Å². The molecule has 10 heteroatoms. The van der Waals surface area contributed by atoms with Gasteiger partial charge in [0.15, 0.2) is 0 Å². The third-order valence-corrected chi connectivity index (χ3v) is 7.81. The highest BCUT2D eigenvalue weighted by atomic mass is 35.5. The van der Waals surface area contributed by atoms with E-state index in [-0.39, 0.29) is 11.5 Å². The van der Waals surface area contributed by atoms with E-state index in [1.165, 1.54) is 11.3 Å². The minimum atomic E-state index is -0.333. The molecule has 5 rings (SSSR count). The van der Waals surface area contributed by atoms with Gasteiger partial charge in [-0.1, -0.05) is 23.2 Å². The number of nitrogens with two attached hydrogens (primary N) is 1. The molecule has 3 N–H and O–H groups in total. The van der Waals surface area contributed by atoms with Gasteiger partial charge in [-0.15, -0.1) is 11.3 Å². The van der Waals surface area contributed by atoms with Crippen LogP contribution in [0.25, 0.3) is 10.2 Å². The Morgan fingerprint density at radius 2 is 1.97 bits per heavy atom. The number of rotatable bonds is 3. The molecule has 0 radical (unpaired) electrons. The van der Waals surface area contributed by atoms with E-state index < -0.39 is 0 Å². The van der Waals surface area contributed by atoms with E-state index in [0.29, 0.717) is 52.5 Å². The first-order valence-electron chi connectivity index (χ1n) is 10.7. The predicted molar refractivity (Wildman–Crippen MR) is 134 cm³/mol. The zero-order valence-electron chi connectivity index (χ0n) is 18.3. The van der Waals surface area contributed by atoms with Crippen molar-refractivity contribution in [1.29, 1.82) is 0 Å². The molecule has 3 aromatic rings. The Morgan fingerprint density at radius 1 is 1.21 bits per heavy atom. The standard InChI is InChI=1S/C23H24Cl2N4O3S/c1-23(2)10-13-14(11-32-23)20(29-5-7-31-8-6-29)28-22-17(13)18(26)19(33-22)21(30)27-12-3-4-15(24)16(25)9-12/h3-4,9H,5-8,10-11,26H2,1-2H3,(H,27,30). The van der Waals surface area contributed by atoms with Crippen LogP contribution in [-0.4, -0.2) is 42.8 Å². The van der Waals surface area contributed by atoms with Crippen molar-refractivity contribution in [3.05, 3.63) is 44.2 Å². The number of thiophene rings is 1. The first-order chi connectivity index (χ1) is 15.7. The van der Waals surface area contributed by atoms with Gasteiger partial charge in [0.25, 0.3) is 5.91 Å². The van der Waals surface area contributed by atoms with Gasteiger partial charge < -0.3 is 25.4 Å². The van der Waals surface area contributed by atoms with Crippen LogP contribution >= 0.6 is 34.5 Å². The number of ether oxygens (including phenoxy) is 2. The van der Waals surface area contributed by atoms with Gasteiger partial charge in [-0.05, 0) is 37.6 Å². The van der Waals surface area contributed by atoms with Gasteiger partial charge >= 0.3 is 0 Å². The molecule has 0 saturated carbocycles. The molecule has 1 saturated heterocycles. The molecule has 2 aliphatic rings. The number of fused-ring (bicyclic) bond motifs is 3. The monoisotopic (exact) mass is 506 g/mol. The Bertz CT molecular complexity index is 1250. The minimum absolute atomic E-state index is 0.304. The number of anilines is 3. The summed E-state index contributed by atoms with van der Waals surface area (Å²) >= 11 is 13.4. The van der Waals surface area contributed by atoms with Crippen LogP contribution in [0, 0.1) is 0 Å². The summed E-state index contributed by atoms with van der Waals surface area (Å²) in [5, 5.41) is 4.51. The summed E-state index contributed by atoms with van der Waals surface area (Å²) < 4.78 is 11.7. The maximum absolute atomic E-state index is 13.1. The van der Waals surface area contributed by atoms with E-state index in [1.807, 2.05) is 0 Å². The molecule has 0 unspecified atom stereocenters. The second-order valence-corrected chi connectivity index (χ2v) is 10.6. The van der Waals surface area contributed by atoms with Gasteiger partial charge in [-0.3, -0.25) is 4.79 Å². The third kappa shape index (κ3) is 4.26. The van der Waals surface area contributed by atoms with Gasteiger partial charge in [0, 0.05) is 36.1 Å². The van der Waals surface area contributed by atoms with Crippen LogP contribution in [0.2, 0.25) is 10.0 Å². The van der Waals surface area contributed by atoms with E-state index in [4.69, 9.17) is 43.4 Å². The fourth-order valence-electron chi connectivity index (χ4n) is 4.31. The average Bonchev–Trinajstić information content (AvgIpc) is 3.12. The van der Waals surface area contributed by atoms with Gasteiger partial charge in [-0.25, -0.2) is 4.98 Å². The maximum atomic E-state index is 13.1. The zero-order chi connectivity index (χ0) is 23.3. The van der Waals surface area contributed by atoms with Crippen molar-refractivity contribution in [3.63, 3.8) is 0 Å². The van der Waals surface area contributed by atoms with Gasteiger partial charge in [-0.2, -0.15) is 0 Å². The SMILES string of the molecule is CC1(C)Cc2c(c(N3CCOCC3)nc3sc(C(=O)Nc4ccc(Cl)c(Cl)c4)c(N)c23)CO1. The number of hydrogen-bond donors (Lipinski definition) is 2. The Kier molecular flexibility index (Phi) is 5.91. The van der Waals surface area contributed by atoms with E-state index >= 15 is 0 Å². The lowest BCUT2D eigenvalue weighted by molar-refractivity contribution is -0.0396. The molecule has 1 fully saturated rings. The first-order valence-corrected chi connectivity index (χ1v) is 12.3. The van der Waals surface area contributed by atoms with Crippen molar-refractivity contribution in [1.82, 2.24) is 4.98 Å². The van der Waals surface area contributed by atoms with E-state index in [0.717, 1.165) is 40.3 Å². The molecule has 2 aromatic heterocycles. The van der Waals surface area contributed by atoms with Crippen LogP contribution in [0.1, 0.15) is 34.6 Å². The molecule has 0 atom stereocenters. The van der Waals surface area contributed by atoms with Crippen LogP contribution in [0.4, 0.5) is 17.2 Å². The highest BCUT2D eigenvalue weighted by Gasteiger charge is 2.34. The lowest BCUT2D eigenvalue weighted by Crippen LogP contribution is -2.39. The number of nitrogens with zero attached hydrogens (tertiary/aromatic N) is 2. The molecule has 7 nitrogen and oxygen atoms in total. The molecule has 4 heterocycles. The molecular formula is C23H24Cl2N4O3S. The number of nitrogens with one attached hydrogen (secondary N) is 1. The fourth-order valence-corrected chi connectivity index (χ4v) is 5.62. The van der Waals surface area contributed by atoms with Crippen molar-refractivity contribution in [2.24, 2.45) is 0 Å². The number of nitrogen functional groups attached to an aromatic ring is 1. The molecule has 0 spiro atoms.